The number of hydrogen-bond acceptors (Lipinski definition) is 4. The minimum Gasteiger partial charge on any atom is -0.395 e. The lowest BCUT2D eigenvalue weighted by molar-refractivity contribution is -0.150. The first-order chi connectivity index (χ1) is 8.81. The minimum atomic E-state index is 0.269. The van der Waals surface area contributed by atoms with Gasteiger partial charge in [-0.05, 0) is 32.1 Å². The Kier molecular flexibility index (Phi) is 3.89. The number of hydrogen-bond donors (Lipinski definition) is 1. The molecule has 4 nitrogen and oxygen atoms in total. The van der Waals surface area contributed by atoms with Crippen molar-refractivity contribution in [2.24, 2.45) is 0 Å². The molecule has 18 heavy (non-hydrogen) atoms. The van der Waals surface area contributed by atoms with Gasteiger partial charge in [0.15, 0.2) is 0 Å². The molecule has 0 radical (unpaired) electrons. The van der Waals surface area contributed by atoms with Crippen molar-refractivity contribution in [3.8, 4) is 0 Å². The first kappa shape index (κ1) is 12.9. The predicted octanol–water partition coefficient (Wildman–Crippen LogP) is 0.698. The van der Waals surface area contributed by atoms with Gasteiger partial charge in [-0.3, -0.25) is 9.80 Å². The Balaban J connectivity index is 1.50. The number of ether oxygens (including phenoxy) is 1. The largest absolute Gasteiger partial charge is 0.395 e. The third kappa shape index (κ3) is 2.57. The van der Waals surface area contributed by atoms with Gasteiger partial charge < -0.3 is 9.84 Å². The summed E-state index contributed by atoms with van der Waals surface area (Å²) < 4.78 is 6.01. The minimum absolute atomic E-state index is 0.269. The van der Waals surface area contributed by atoms with Crippen LogP contribution in [0.3, 0.4) is 0 Å². The Morgan fingerprint density at radius 2 is 1.94 bits per heavy atom. The van der Waals surface area contributed by atoms with Crippen molar-refractivity contribution in [1.29, 1.82) is 0 Å². The van der Waals surface area contributed by atoms with Crippen LogP contribution >= 0.6 is 0 Å². The van der Waals surface area contributed by atoms with E-state index >= 15 is 0 Å². The first-order valence-corrected chi connectivity index (χ1v) is 7.53. The molecule has 1 aliphatic carbocycles. The van der Waals surface area contributed by atoms with E-state index in [1.807, 2.05) is 0 Å². The zero-order valence-electron chi connectivity index (χ0n) is 11.3. The molecule has 2 heterocycles. The molecule has 1 spiro atoms. The van der Waals surface area contributed by atoms with E-state index in [4.69, 9.17) is 9.84 Å². The van der Waals surface area contributed by atoms with Gasteiger partial charge in [-0.2, -0.15) is 0 Å². The molecule has 4 heteroatoms. The van der Waals surface area contributed by atoms with Crippen LogP contribution in [0.1, 0.15) is 32.1 Å². The van der Waals surface area contributed by atoms with Crippen LogP contribution in [-0.4, -0.2) is 72.5 Å². The molecule has 0 aromatic rings. The molecule has 1 unspecified atom stereocenters. The van der Waals surface area contributed by atoms with Gasteiger partial charge in [0.1, 0.15) is 0 Å². The highest BCUT2D eigenvalue weighted by atomic mass is 16.5. The van der Waals surface area contributed by atoms with Crippen LogP contribution < -0.4 is 0 Å². The Hall–Kier alpha value is -0.160. The number of rotatable bonds is 3. The molecule has 1 atom stereocenters. The second-order valence-electron chi connectivity index (χ2n) is 6.13. The normalized spacial score (nSPS) is 33.5. The van der Waals surface area contributed by atoms with Crippen LogP contribution in [-0.2, 0) is 4.74 Å². The van der Waals surface area contributed by atoms with Crippen LogP contribution in [0.25, 0.3) is 0 Å². The fraction of sp³-hybridized carbons (Fsp3) is 1.00. The van der Waals surface area contributed by atoms with Gasteiger partial charge in [-0.1, -0.05) is 0 Å². The van der Waals surface area contributed by atoms with Gasteiger partial charge in [0.25, 0.3) is 0 Å². The molecule has 2 saturated heterocycles. The standard InChI is InChI=1S/C14H26N2O2/c17-10-9-15-5-7-16(8-6-15)13-2-11-18-14(12-13)3-1-4-14/h13,17H,1-12H2. The summed E-state index contributed by atoms with van der Waals surface area (Å²) >= 11 is 0. The Bertz CT molecular complexity index is 273. The summed E-state index contributed by atoms with van der Waals surface area (Å²) in [5.74, 6) is 0. The average Bonchev–Trinajstić information content (AvgIpc) is 2.38. The molecule has 3 fully saturated rings. The fourth-order valence-electron chi connectivity index (χ4n) is 3.73. The molecular formula is C14H26N2O2. The van der Waals surface area contributed by atoms with E-state index in [1.54, 1.807) is 0 Å². The van der Waals surface area contributed by atoms with Crippen molar-refractivity contribution in [3.63, 3.8) is 0 Å². The number of piperazine rings is 1. The second kappa shape index (κ2) is 5.45. The van der Waals surface area contributed by atoms with Gasteiger partial charge in [-0.15, -0.1) is 0 Å². The van der Waals surface area contributed by atoms with Crippen molar-refractivity contribution >= 4 is 0 Å². The summed E-state index contributed by atoms with van der Waals surface area (Å²) in [6, 6.07) is 0.746. The maximum Gasteiger partial charge on any atom is 0.0697 e. The lowest BCUT2D eigenvalue weighted by Gasteiger charge is -2.50. The lowest BCUT2D eigenvalue weighted by Crippen LogP contribution is -2.56. The van der Waals surface area contributed by atoms with Crippen LogP contribution in [0.5, 0.6) is 0 Å². The molecule has 0 bridgehead atoms. The van der Waals surface area contributed by atoms with E-state index in [0.29, 0.717) is 6.61 Å². The van der Waals surface area contributed by atoms with E-state index < -0.39 is 0 Å². The molecule has 104 valence electrons. The topological polar surface area (TPSA) is 35.9 Å². The van der Waals surface area contributed by atoms with E-state index in [9.17, 15) is 0 Å². The van der Waals surface area contributed by atoms with Crippen molar-refractivity contribution in [2.75, 3.05) is 45.9 Å². The zero-order valence-corrected chi connectivity index (χ0v) is 11.3. The van der Waals surface area contributed by atoms with Gasteiger partial charge >= 0.3 is 0 Å². The highest BCUT2D eigenvalue weighted by molar-refractivity contribution is 4.97. The summed E-state index contributed by atoms with van der Waals surface area (Å²) in [6.45, 7) is 6.66. The molecular weight excluding hydrogens is 228 g/mol. The van der Waals surface area contributed by atoms with Crippen molar-refractivity contribution in [2.45, 2.75) is 43.7 Å². The summed E-state index contributed by atoms with van der Waals surface area (Å²) in [5.41, 5.74) is 0.269. The predicted molar refractivity (Wildman–Crippen MR) is 70.7 cm³/mol. The van der Waals surface area contributed by atoms with Crippen molar-refractivity contribution < 1.29 is 9.84 Å². The molecule has 1 N–H and O–H groups in total. The van der Waals surface area contributed by atoms with E-state index in [1.165, 1.54) is 45.2 Å². The zero-order chi connectivity index (χ0) is 12.4. The summed E-state index contributed by atoms with van der Waals surface area (Å²) in [5, 5.41) is 8.97. The van der Waals surface area contributed by atoms with Crippen molar-refractivity contribution in [3.05, 3.63) is 0 Å². The number of aliphatic hydroxyl groups is 1. The third-order valence-corrected chi connectivity index (χ3v) is 5.07. The fourth-order valence-corrected chi connectivity index (χ4v) is 3.73. The highest BCUT2D eigenvalue weighted by Gasteiger charge is 2.44. The van der Waals surface area contributed by atoms with Gasteiger partial charge in [0, 0.05) is 45.4 Å². The van der Waals surface area contributed by atoms with Crippen LogP contribution in [0.15, 0.2) is 0 Å². The quantitative estimate of drug-likeness (QED) is 0.804. The van der Waals surface area contributed by atoms with Gasteiger partial charge in [0.05, 0.1) is 12.2 Å². The Morgan fingerprint density at radius 3 is 2.56 bits per heavy atom. The smallest absolute Gasteiger partial charge is 0.0697 e. The van der Waals surface area contributed by atoms with Gasteiger partial charge in [-0.25, -0.2) is 0 Å². The average molecular weight is 254 g/mol. The maximum atomic E-state index is 8.97. The number of aliphatic hydroxyl groups excluding tert-OH is 1. The molecule has 0 aromatic heterocycles. The summed E-state index contributed by atoms with van der Waals surface area (Å²) in [4.78, 5) is 5.03. The highest BCUT2D eigenvalue weighted by Crippen LogP contribution is 2.43. The van der Waals surface area contributed by atoms with E-state index in [2.05, 4.69) is 9.80 Å². The molecule has 3 aliphatic rings. The molecule has 0 amide bonds. The SMILES string of the molecule is OCCN1CCN(C2CCOC3(CCC3)C2)CC1. The molecule has 2 aliphatic heterocycles. The first-order valence-electron chi connectivity index (χ1n) is 7.53. The lowest BCUT2D eigenvalue weighted by atomic mass is 9.73. The molecule has 3 rings (SSSR count). The van der Waals surface area contributed by atoms with E-state index in [0.717, 1.165) is 32.3 Å². The van der Waals surface area contributed by atoms with Crippen LogP contribution in [0.4, 0.5) is 0 Å². The summed E-state index contributed by atoms with van der Waals surface area (Å²) in [6.07, 6.45) is 6.40. The van der Waals surface area contributed by atoms with Crippen LogP contribution in [0, 0.1) is 0 Å². The third-order valence-electron chi connectivity index (χ3n) is 5.07. The monoisotopic (exact) mass is 254 g/mol. The van der Waals surface area contributed by atoms with Gasteiger partial charge in [0.2, 0.25) is 0 Å². The summed E-state index contributed by atoms with van der Waals surface area (Å²) in [7, 11) is 0. The second-order valence-corrected chi connectivity index (χ2v) is 6.13. The Morgan fingerprint density at radius 1 is 1.17 bits per heavy atom. The molecule has 1 saturated carbocycles. The number of β-amino-alcohol motifs (C(OH)–C–C–N with tert-alkyl or cyclic N) is 1. The van der Waals surface area contributed by atoms with E-state index in [-0.39, 0.29) is 5.60 Å². The van der Waals surface area contributed by atoms with Crippen molar-refractivity contribution in [1.82, 2.24) is 9.80 Å². The van der Waals surface area contributed by atoms with Crippen LogP contribution in [0.2, 0.25) is 0 Å². The number of nitrogens with zero attached hydrogens (tertiary/aromatic N) is 2. The molecule has 0 aromatic carbocycles. The Labute approximate surface area is 110 Å². The maximum absolute atomic E-state index is 8.97.